The summed E-state index contributed by atoms with van der Waals surface area (Å²) in [6.45, 7) is 1.31. The minimum Gasteiger partial charge on any atom is -0.493 e. The van der Waals surface area contributed by atoms with Crippen LogP contribution in [0.3, 0.4) is 0 Å². The van der Waals surface area contributed by atoms with Crippen molar-refractivity contribution in [1.29, 1.82) is 0 Å². The number of hydrogen-bond acceptors (Lipinski definition) is 8. The summed E-state index contributed by atoms with van der Waals surface area (Å²) in [7, 11) is 1.48. The number of fused-ring (bicyclic) bond motifs is 1. The van der Waals surface area contributed by atoms with Crippen molar-refractivity contribution in [3.8, 4) is 23.1 Å². The third-order valence-electron chi connectivity index (χ3n) is 3.66. The molecule has 4 rings (SSSR count). The lowest BCUT2D eigenvalue weighted by Crippen LogP contribution is -2.23. The average molecular weight is 383 g/mol. The maximum absolute atomic E-state index is 12.6. The zero-order valence-corrected chi connectivity index (χ0v) is 15.1. The normalized spacial score (nSPS) is 11.9. The SMILES string of the molecule is COc1cc(/C=c2/sc3nc(-c4ccco4)nn3c2=O)ccc1OC(C)=O. The van der Waals surface area contributed by atoms with Crippen molar-refractivity contribution < 1.29 is 18.7 Å². The quantitative estimate of drug-likeness (QED) is 0.392. The van der Waals surface area contributed by atoms with Gasteiger partial charge in [-0.25, -0.2) is 0 Å². The van der Waals surface area contributed by atoms with E-state index in [1.54, 1.807) is 36.4 Å². The lowest BCUT2D eigenvalue weighted by atomic mass is 10.2. The standard InChI is InChI=1S/C18H13N3O5S/c1-10(22)26-12-6-5-11(8-14(12)24-2)9-15-17(23)21-18(27-15)19-16(20-21)13-4-3-7-25-13/h3-9H,1-2H3/b15-9+. The number of hydrogen-bond donors (Lipinski definition) is 0. The number of carbonyl (C=O) groups is 1. The highest BCUT2D eigenvalue weighted by molar-refractivity contribution is 7.15. The molecule has 0 unspecified atom stereocenters. The second-order valence-electron chi connectivity index (χ2n) is 5.53. The Morgan fingerprint density at radius 3 is 2.81 bits per heavy atom. The summed E-state index contributed by atoms with van der Waals surface area (Å²) in [4.78, 5) is 28.5. The van der Waals surface area contributed by atoms with Gasteiger partial charge in [0.15, 0.2) is 17.3 Å². The van der Waals surface area contributed by atoms with E-state index in [0.717, 1.165) is 5.56 Å². The molecule has 3 aromatic heterocycles. The van der Waals surface area contributed by atoms with Crippen molar-refractivity contribution in [2.24, 2.45) is 0 Å². The first-order chi connectivity index (χ1) is 13.0. The molecule has 27 heavy (non-hydrogen) atoms. The van der Waals surface area contributed by atoms with Crippen LogP contribution in [0.5, 0.6) is 11.5 Å². The van der Waals surface area contributed by atoms with Crippen LogP contribution in [0.15, 0.2) is 45.8 Å². The molecule has 0 saturated heterocycles. The van der Waals surface area contributed by atoms with E-state index in [1.165, 1.54) is 36.1 Å². The van der Waals surface area contributed by atoms with Crippen LogP contribution in [0.25, 0.3) is 22.6 Å². The minimum atomic E-state index is -0.440. The van der Waals surface area contributed by atoms with Crippen LogP contribution >= 0.6 is 11.3 Å². The van der Waals surface area contributed by atoms with Gasteiger partial charge in [0.1, 0.15) is 0 Å². The summed E-state index contributed by atoms with van der Waals surface area (Å²) < 4.78 is 17.3. The number of ether oxygens (including phenoxy) is 2. The monoisotopic (exact) mass is 383 g/mol. The number of furan rings is 1. The van der Waals surface area contributed by atoms with Crippen molar-refractivity contribution in [1.82, 2.24) is 14.6 Å². The second-order valence-corrected chi connectivity index (χ2v) is 6.54. The molecule has 8 nitrogen and oxygen atoms in total. The number of nitrogens with zero attached hydrogens (tertiary/aromatic N) is 3. The summed E-state index contributed by atoms with van der Waals surface area (Å²) in [5.41, 5.74) is 0.443. The van der Waals surface area contributed by atoms with Gasteiger partial charge in [0.2, 0.25) is 10.8 Å². The molecule has 4 aromatic rings. The fraction of sp³-hybridized carbons (Fsp3) is 0.111. The Bertz CT molecular complexity index is 1240. The third-order valence-corrected chi connectivity index (χ3v) is 4.62. The van der Waals surface area contributed by atoms with Gasteiger partial charge in [0.25, 0.3) is 5.56 Å². The summed E-state index contributed by atoms with van der Waals surface area (Å²) in [5, 5.41) is 4.21. The first kappa shape index (κ1) is 17.0. The van der Waals surface area contributed by atoms with Gasteiger partial charge in [-0.1, -0.05) is 17.4 Å². The smallest absolute Gasteiger partial charge is 0.308 e. The first-order valence-corrected chi connectivity index (χ1v) is 8.68. The molecule has 0 atom stereocenters. The molecule has 0 bridgehead atoms. The number of benzene rings is 1. The summed E-state index contributed by atoms with van der Waals surface area (Å²) in [6, 6.07) is 8.48. The largest absolute Gasteiger partial charge is 0.493 e. The molecule has 0 N–H and O–H groups in total. The maximum atomic E-state index is 12.6. The molecule has 0 spiro atoms. The molecule has 0 aliphatic carbocycles. The molecule has 3 heterocycles. The predicted molar refractivity (Wildman–Crippen MR) is 97.9 cm³/mol. The topological polar surface area (TPSA) is 95.9 Å². The van der Waals surface area contributed by atoms with E-state index in [2.05, 4.69) is 10.1 Å². The highest BCUT2D eigenvalue weighted by Crippen LogP contribution is 2.28. The molecule has 0 fully saturated rings. The summed E-state index contributed by atoms with van der Waals surface area (Å²) in [6.07, 6.45) is 3.23. The van der Waals surface area contributed by atoms with Crippen LogP contribution in [0.1, 0.15) is 12.5 Å². The number of rotatable bonds is 4. The van der Waals surface area contributed by atoms with Crippen molar-refractivity contribution in [3.05, 3.63) is 57.0 Å². The van der Waals surface area contributed by atoms with E-state index in [9.17, 15) is 9.59 Å². The first-order valence-electron chi connectivity index (χ1n) is 7.87. The van der Waals surface area contributed by atoms with Crippen molar-refractivity contribution >= 4 is 28.3 Å². The Hall–Kier alpha value is -3.46. The molecule has 0 amide bonds. The van der Waals surface area contributed by atoms with E-state index >= 15 is 0 Å². The molecular formula is C18H13N3O5S. The van der Waals surface area contributed by atoms with E-state index in [1.807, 2.05) is 0 Å². The summed E-state index contributed by atoms with van der Waals surface area (Å²) in [5.74, 6) is 1.13. The third kappa shape index (κ3) is 3.20. The van der Waals surface area contributed by atoms with Gasteiger partial charge in [-0.05, 0) is 35.9 Å². The van der Waals surface area contributed by atoms with E-state index < -0.39 is 5.97 Å². The van der Waals surface area contributed by atoms with Gasteiger partial charge in [-0.2, -0.15) is 9.50 Å². The Labute approximate surface area is 156 Å². The average Bonchev–Trinajstić information content (AvgIpc) is 3.35. The lowest BCUT2D eigenvalue weighted by Gasteiger charge is -2.08. The number of carbonyl (C=O) groups excluding carboxylic acids is 1. The second kappa shape index (κ2) is 6.69. The lowest BCUT2D eigenvalue weighted by molar-refractivity contribution is -0.132. The van der Waals surface area contributed by atoms with Gasteiger partial charge in [0.05, 0.1) is 17.9 Å². The van der Waals surface area contributed by atoms with Crippen molar-refractivity contribution in [3.63, 3.8) is 0 Å². The molecule has 0 aliphatic heterocycles. The Morgan fingerprint density at radius 2 is 2.15 bits per heavy atom. The zero-order valence-electron chi connectivity index (χ0n) is 14.3. The van der Waals surface area contributed by atoms with Gasteiger partial charge in [0, 0.05) is 6.92 Å². The van der Waals surface area contributed by atoms with Gasteiger partial charge >= 0.3 is 5.97 Å². The number of esters is 1. The fourth-order valence-corrected chi connectivity index (χ4v) is 3.42. The van der Waals surface area contributed by atoms with Crippen LogP contribution in [0.4, 0.5) is 0 Å². The number of methoxy groups -OCH3 is 1. The highest BCUT2D eigenvalue weighted by Gasteiger charge is 2.14. The van der Waals surface area contributed by atoms with Gasteiger partial charge in [-0.15, -0.1) is 5.10 Å². The number of thiazole rings is 1. The maximum Gasteiger partial charge on any atom is 0.308 e. The van der Waals surface area contributed by atoms with Crippen LogP contribution in [-0.4, -0.2) is 27.7 Å². The van der Waals surface area contributed by atoms with Gasteiger partial charge < -0.3 is 13.9 Å². The van der Waals surface area contributed by atoms with Gasteiger partial charge in [-0.3, -0.25) is 9.59 Å². The van der Waals surface area contributed by atoms with Crippen LogP contribution in [0, 0.1) is 0 Å². The number of aromatic nitrogens is 3. The van der Waals surface area contributed by atoms with Crippen LogP contribution in [-0.2, 0) is 4.79 Å². The van der Waals surface area contributed by atoms with Crippen molar-refractivity contribution in [2.45, 2.75) is 6.92 Å². The molecule has 0 saturated carbocycles. The van der Waals surface area contributed by atoms with Crippen LogP contribution in [0.2, 0.25) is 0 Å². The zero-order chi connectivity index (χ0) is 19.0. The fourth-order valence-electron chi connectivity index (χ4n) is 2.51. The molecular weight excluding hydrogens is 370 g/mol. The summed E-state index contributed by atoms with van der Waals surface area (Å²) >= 11 is 1.22. The molecule has 0 radical (unpaired) electrons. The molecule has 1 aromatic carbocycles. The van der Waals surface area contributed by atoms with Crippen LogP contribution < -0.4 is 19.6 Å². The Morgan fingerprint density at radius 1 is 1.30 bits per heavy atom. The minimum absolute atomic E-state index is 0.275. The van der Waals surface area contributed by atoms with E-state index in [4.69, 9.17) is 13.9 Å². The Kier molecular flexibility index (Phi) is 4.21. The highest BCUT2D eigenvalue weighted by atomic mass is 32.1. The predicted octanol–water partition coefficient (Wildman–Crippen LogP) is 1.89. The molecule has 0 aliphatic rings. The van der Waals surface area contributed by atoms with Crippen molar-refractivity contribution in [2.75, 3.05) is 7.11 Å². The molecule has 9 heteroatoms. The molecule has 136 valence electrons. The van der Waals surface area contributed by atoms with E-state index in [0.29, 0.717) is 32.6 Å². The van der Waals surface area contributed by atoms with E-state index in [-0.39, 0.29) is 5.56 Å². The Balaban J connectivity index is 1.74.